The van der Waals surface area contributed by atoms with Crippen LogP contribution in [0.5, 0.6) is 17.2 Å². The molecule has 180 valence electrons. The largest absolute Gasteiger partial charge is 0.494 e. The molecule has 0 fully saturated rings. The monoisotopic (exact) mass is 491 g/mol. The van der Waals surface area contributed by atoms with Crippen LogP contribution in [0.3, 0.4) is 0 Å². The first-order chi connectivity index (χ1) is 17.0. The van der Waals surface area contributed by atoms with Gasteiger partial charge in [0.25, 0.3) is 0 Å². The van der Waals surface area contributed by atoms with Gasteiger partial charge in [0.2, 0.25) is 5.91 Å². The topological polar surface area (TPSA) is 92.9 Å². The number of ether oxygens (including phenoxy) is 3. The van der Waals surface area contributed by atoms with Crippen molar-refractivity contribution in [3.63, 3.8) is 0 Å². The molecule has 0 unspecified atom stereocenters. The van der Waals surface area contributed by atoms with Crippen LogP contribution >= 0.6 is 11.6 Å². The molecular weight excluding hydrogens is 466 g/mol. The highest BCUT2D eigenvalue weighted by Crippen LogP contribution is 2.37. The molecule has 8 heteroatoms. The normalized spacial score (nSPS) is 10.6. The van der Waals surface area contributed by atoms with Crippen molar-refractivity contribution in [2.45, 2.75) is 26.9 Å². The van der Waals surface area contributed by atoms with Gasteiger partial charge in [-0.2, -0.15) is 10.4 Å². The van der Waals surface area contributed by atoms with Crippen LogP contribution < -0.4 is 19.6 Å². The number of amides is 1. The zero-order valence-electron chi connectivity index (χ0n) is 19.6. The van der Waals surface area contributed by atoms with Crippen LogP contribution in [-0.2, 0) is 17.8 Å². The van der Waals surface area contributed by atoms with E-state index in [9.17, 15) is 10.1 Å². The van der Waals surface area contributed by atoms with Gasteiger partial charge < -0.3 is 14.2 Å². The number of benzene rings is 3. The van der Waals surface area contributed by atoms with Crippen LogP contribution in [-0.4, -0.2) is 25.3 Å². The van der Waals surface area contributed by atoms with Crippen LogP contribution in [0, 0.1) is 11.3 Å². The third kappa shape index (κ3) is 7.49. The molecule has 1 N–H and O–H groups in total. The summed E-state index contributed by atoms with van der Waals surface area (Å²) in [7, 11) is 0. The maximum atomic E-state index is 12.2. The molecule has 0 atom stereocenters. The average Bonchev–Trinajstić information content (AvgIpc) is 2.85. The first-order valence-electron chi connectivity index (χ1n) is 11.1. The van der Waals surface area contributed by atoms with E-state index in [1.54, 1.807) is 24.3 Å². The Morgan fingerprint density at radius 2 is 1.80 bits per heavy atom. The van der Waals surface area contributed by atoms with E-state index in [0.29, 0.717) is 40.9 Å². The number of carbonyl (C=O) groups excluding carboxylic acids is 1. The number of halogens is 1. The Bertz CT molecular complexity index is 1220. The molecule has 0 bridgehead atoms. The minimum atomic E-state index is -0.252. The van der Waals surface area contributed by atoms with Gasteiger partial charge in [-0.3, -0.25) is 4.79 Å². The minimum Gasteiger partial charge on any atom is -0.494 e. The molecule has 35 heavy (non-hydrogen) atoms. The summed E-state index contributed by atoms with van der Waals surface area (Å²) in [6.07, 6.45) is 1.67. The van der Waals surface area contributed by atoms with Gasteiger partial charge in [0, 0.05) is 5.56 Å². The number of nitrogens with zero attached hydrogens (tertiary/aromatic N) is 2. The lowest BCUT2D eigenvalue weighted by atomic mass is 10.1. The molecule has 1 amide bonds. The van der Waals surface area contributed by atoms with Crippen molar-refractivity contribution in [1.29, 1.82) is 5.26 Å². The standard InChI is InChI=1S/C27H26ClN3O4/c1-3-33-23-11-9-19(10-12-23)15-26(32)31-30-17-20-13-24(28)27(25(14-20)34-4-2)35-18-22-8-6-5-7-21(22)16-29/h5-14,17H,3-4,15,18H2,1-2H3,(H,31,32)/b30-17-. The lowest BCUT2D eigenvalue weighted by Crippen LogP contribution is -2.19. The fraction of sp³-hybridized carbons (Fsp3) is 0.222. The molecule has 0 aliphatic rings. The van der Waals surface area contributed by atoms with Crippen molar-refractivity contribution < 1.29 is 19.0 Å². The third-order valence-corrected chi connectivity index (χ3v) is 5.12. The summed E-state index contributed by atoms with van der Waals surface area (Å²) in [4.78, 5) is 12.2. The predicted octanol–water partition coefficient (Wildman–Crippen LogP) is 5.28. The number of hydrogen-bond acceptors (Lipinski definition) is 6. The number of carbonyl (C=O) groups is 1. The summed E-state index contributed by atoms with van der Waals surface area (Å²) in [5.74, 6) is 1.32. The van der Waals surface area contributed by atoms with Gasteiger partial charge in [0.1, 0.15) is 12.4 Å². The maximum absolute atomic E-state index is 12.2. The predicted molar refractivity (Wildman–Crippen MR) is 135 cm³/mol. The van der Waals surface area contributed by atoms with Crippen molar-refractivity contribution in [1.82, 2.24) is 5.43 Å². The fourth-order valence-electron chi connectivity index (χ4n) is 3.24. The van der Waals surface area contributed by atoms with Crippen LogP contribution in [0.25, 0.3) is 0 Å². The number of hydrazone groups is 1. The SMILES string of the molecule is CCOc1ccc(CC(=O)N/N=C\c2cc(Cl)c(OCc3ccccc3C#N)c(OCC)c2)cc1. The first kappa shape index (κ1) is 25.6. The van der Waals surface area contributed by atoms with Crippen LogP contribution in [0.1, 0.15) is 36.1 Å². The van der Waals surface area contributed by atoms with Gasteiger partial charge in [-0.1, -0.05) is 41.9 Å². The average molecular weight is 492 g/mol. The molecule has 3 aromatic rings. The lowest BCUT2D eigenvalue weighted by Gasteiger charge is -2.15. The van der Waals surface area contributed by atoms with E-state index in [2.05, 4.69) is 16.6 Å². The highest BCUT2D eigenvalue weighted by Gasteiger charge is 2.13. The zero-order valence-corrected chi connectivity index (χ0v) is 20.3. The Kier molecular flexibility index (Phi) is 9.52. The van der Waals surface area contributed by atoms with Crippen LogP contribution in [0.15, 0.2) is 65.8 Å². The van der Waals surface area contributed by atoms with Crippen molar-refractivity contribution in [2.24, 2.45) is 5.10 Å². The summed E-state index contributed by atoms with van der Waals surface area (Å²) in [5.41, 5.74) is 5.27. The molecule has 0 aliphatic carbocycles. The Hall–Kier alpha value is -4.02. The van der Waals surface area contributed by atoms with E-state index in [4.69, 9.17) is 25.8 Å². The van der Waals surface area contributed by atoms with Gasteiger partial charge in [-0.05, 0) is 55.3 Å². The molecule has 0 aromatic heterocycles. The summed E-state index contributed by atoms with van der Waals surface area (Å²) in [6.45, 7) is 4.93. The number of hydrogen-bond donors (Lipinski definition) is 1. The van der Waals surface area contributed by atoms with Crippen LogP contribution in [0.2, 0.25) is 5.02 Å². The number of nitrogens with one attached hydrogen (secondary N) is 1. The van der Waals surface area contributed by atoms with E-state index in [0.717, 1.165) is 16.9 Å². The van der Waals surface area contributed by atoms with E-state index in [1.165, 1.54) is 6.21 Å². The lowest BCUT2D eigenvalue weighted by molar-refractivity contribution is -0.120. The molecule has 0 aliphatic heterocycles. The minimum absolute atomic E-state index is 0.165. The Morgan fingerprint density at radius 1 is 1.06 bits per heavy atom. The summed E-state index contributed by atoms with van der Waals surface area (Å²) in [6, 6.07) is 20.1. The summed E-state index contributed by atoms with van der Waals surface area (Å²) < 4.78 is 17.0. The van der Waals surface area contributed by atoms with Crippen molar-refractivity contribution in [2.75, 3.05) is 13.2 Å². The van der Waals surface area contributed by atoms with Gasteiger partial charge in [0.15, 0.2) is 11.5 Å². The zero-order chi connectivity index (χ0) is 25.0. The second-order valence-electron chi connectivity index (χ2n) is 7.37. The highest BCUT2D eigenvalue weighted by atomic mass is 35.5. The number of nitriles is 1. The Labute approximate surface area is 209 Å². The molecule has 3 aromatic carbocycles. The molecule has 0 spiro atoms. The van der Waals surface area contributed by atoms with Gasteiger partial charge in [-0.25, -0.2) is 5.43 Å². The van der Waals surface area contributed by atoms with E-state index < -0.39 is 0 Å². The smallest absolute Gasteiger partial charge is 0.244 e. The quantitative estimate of drug-likeness (QED) is 0.291. The summed E-state index contributed by atoms with van der Waals surface area (Å²) >= 11 is 6.46. The second-order valence-corrected chi connectivity index (χ2v) is 7.77. The molecule has 0 saturated carbocycles. The van der Waals surface area contributed by atoms with Crippen molar-refractivity contribution in [3.8, 4) is 23.3 Å². The second kappa shape index (κ2) is 13.0. The van der Waals surface area contributed by atoms with Crippen molar-refractivity contribution in [3.05, 3.63) is 87.9 Å². The van der Waals surface area contributed by atoms with Crippen LogP contribution in [0.4, 0.5) is 0 Å². The third-order valence-electron chi connectivity index (χ3n) is 4.84. The molecule has 0 saturated heterocycles. The van der Waals surface area contributed by atoms with Gasteiger partial charge >= 0.3 is 0 Å². The summed E-state index contributed by atoms with van der Waals surface area (Å²) in [5, 5.41) is 13.6. The van der Waals surface area contributed by atoms with E-state index >= 15 is 0 Å². The van der Waals surface area contributed by atoms with E-state index in [1.807, 2.05) is 50.2 Å². The van der Waals surface area contributed by atoms with Gasteiger partial charge in [0.05, 0.1) is 42.5 Å². The fourth-order valence-corrected chi connectivity index (χ4v) is 3.52. The molecule has 0 radical (unpaired) electrons. The molecule has 0 heterocycles. The van der Waals surface area contributed by atoms with E-state index in [-0.39, 0.29) is 18.9 Å². The maximum Gasteiger partial charge on any atom is 0.244 e. The number of rotatable bonds is 11. The molecule has 7 nitrogen and oxygen atoms in total. The first-order valence-corrected chi connectivity index (χ1v) is 11.5. The Balaban J connectivity index is 1.65. The van der Waals surface area contributed by atoms with Gasteiger partial charge in [-0.15, -0.1) is 0 Å². The highest BCUT2D eigenvalue weighted by molar-refractivity contribution is 6.32. The molecular formula is C27H26ClN3O4. The molecule has 3 rings (SSSR count). The Morgan fingerprint density at radius 3 is 2.51 bits per heavy atom. The van der Waals surface area contributed by atoms with Crippen molar-refractivity contribution >= 4 is 23.7 Å².